The van der Waals surface area contributed by atoms with Gasteiger partial charge in [-0.05, 0) is 18.4 Å². The molecule has 90 valence electrons. The number of likely N-dealkylation sites (tertiary alicyclic amines) is 1. The predicted octanol–water partition coefficient (Wildman–Crippen LogP) is 2.70. The Hall–Kier alpha value is -1.28. The predicted molar refractivity (Wildman–Crippen MR) is 70.7 cm³/mol. The largest absolute Gasteiger partial charge is 0.371 e. The molecule has 0 bridgehead atoms. The normalized spacial score (nSPS) is 28.9. The van der Waals surface area contributed by atoms with Gasteiger partial charge in [-0.1, -0.05) is 36.9 Å². The Kier molecular flexibility index (Phi) is 2.89. The second-order valence-electron chi connectivity index (χ2n) is 5.11. The Balaban J connectivity index is 1.59. The van der Waals surface area contributed by atoms with Crippen LogP contribution < -0.4 is 5.32 Å². The van der Waals surface area contributed by atoms with E-state index in [1.165, 1.54) is 37.1 Å². The van der Waals surface area contributed by atoms with Crippen molar-refractivity contribution in [1.82, 2.24) is 10.2 Å². The van der Waals surface area contributed by atoms with Crippen molar-refractivity contribution >= 4 is 0 Å². The molecule has 2 unspecified atom stereocenters. The molecule has 2 heteroatoms. The highest BCUT2D eigenvalue weighted by molar-refractivity contribution is 5.20. The lowest BCUT2D eigenvalue weighted by atomic mass is 9.92. The van der Waals surface area contributed by atoms with Crippen molar-refractivity contribution < 1.29 is 0 Å². The topological polar surface area (TPSA) is 15.3 Å². The van der Waals surface area contributed by atoms with Crippen LogP contribution in [0.3, 0.4) is 0 Å². The second kappa shape index (κ2) is 4.53. The Morgan fingerprint density at radius 2 is 2.00 bits per heavy atom. The molecule has 1 aromatic rings. The summed E-state index contributed by atoms with van der Waals surface area (Å²) in [5.74, 6) is 0. The van der Waals surface area contributed by atoms with Gasteiger partial charge in [0.15, 0.2) is 0 Å². The summed E-state index contributed by atoms with van der Waals surface area (Å²) in [5, 5.41) is 3.67. The van der Waals surface area contributed by atoms with E-state index in [-0.39, 0.29) is 0 Å². The van der Waals surface area contributed by atoms with Gasteiger partial charge in [0.2, 0.25) is 0 Å². The summed E-state index contributed by atoms with van der Waals surface area (Å²) in [5.41, 5.74) is 2.75. The zero-order valence-electron chi connectivity index (χ0n) is 10.2. The molecule has 0 saturated carbocycles. The van der Waals surface area contributed by atoms with E-state index in [0.29, 0.717) is 12.1 Å². The molecule has 0 radical (unpaired) electrons. The van der Waals surface area contributed by atoms with Crippen LogP contribution in [0, 0.1) is 0 Å². The third-order valence-electron chi connectivity index (χ3n) is 4.08. The molecule has 2 nitrogen and oxygen atoms in total. The van der Waals surface area contributed by atoms with Gasteiger partial charge in [-0.15, -0.1) is 0 Å². The zero-order chi connectivity index (χ0) is 11.7. The smallest absolute Gasteiger partial charge is 0.0412 e. The number of benzene rings is 1. The minimum absolute atomic E-state index is 0.544. The first-order valence-corrected chi connectivity index (χ1v) is 6.57. The molecule has 0 spiro atoms. The maximum Gasteiger partial charge on any atom is 0.0412 e. The Morgan fingerprint density at radius 3 is 2.53 bits per heavy atom. The highest BCUT2D eigenvalue weighted by Gasteiger charge is 2.30. The summed E-state index contributed by atoms with van der Waals surface area (Å²) in [6.45, 7) is 6.40. The second-order valence-corrected chi connectivity index (χ2v) is 5.11. The molecule has 1 N–H and O–H groups in total. The number of hydrogen-bond acceptors (Lipinski definition) is 2. The van der Waals surface area contributed by atoms with E-state index in [4.69, 9.17) is 0 Å². The standard InChI is InChI=1S/C15H20N2/c1-12-9-10-17(12)14-7-8-15(16-11-14)13-5-3-2-4-6-13/h2-6,14-16H,1,7-11H2. The number of nitrogens with one attached hydrogen (secondary N) is 1. The van der Waals surface area contributed by atoms with Crippen LogP contribution in [0.4, 0.5) is 0 Å². The molecule has 2 atom stereocenters. The first-order valence-electron chi connectivity index (χ1n) is 6.57. The molecule has 1 aromatic carbocycles. The van der Waals surface area contributed by atoms with Crippen LogP contribution in [0.2, 0.25) is 0 Å². The molecular weight excluding hydrogens is 208 g/mol. The minimum atomic E-state index is 0.544. The lowest BCUT2D eigenvalue weighted by Crippen LogP contribution is -2.50. The van der Waals surface area contributed by atoms with Crippen LogP contribution >= 0.6 is 0 Å². The van der Waals surface area contributed by atoms with Crippen molar-refractivity contribution in [3.63, 3.8) is 0 Å². The zero-order valence-corrected chi connectivity index (χ0v) is 10.2. The lowest BCUT2D eigenvalue weighted by Gasteiger charge is -2.45. The number of piperidine rings is 1. The SMILES string of the molecule is C=C1CCN1C1CCC(c2ccccc2)NC1. The van der Waals surface area contributed by atoms with Gasteiger partial charge in [0.1, 0.15) is 0 Å². The molecule has 2 saturated heterocycles. The van der Waals surface area contributed by atoms with Gasteiger partial charge in [-0.25, -0.2) is 0 Å². The summed E-state index contributed by atoms with van der Waals surface area (Å²) in [6.07, 6.45) is 3.71. The Labute approximate surface area is 103 Å². The first kappa shape index (κ1) is 10.8. The summed E-state index contributed by atoms with van der Waals surface area (Å²) in [7, 11) is 0. The van der Waals surface area contributed by atoms with E-state index in [0.717, 1.165) is 6.54 Å². The minimum Gasteiger partial charge on any atom is -0.371 e. The van der Waals surface area contributed by atoms with Crippen molar-refractivity contribution in [3.8, 4) is 0 Å². The Morgan fingerprint density at radius 1 is 1.18 bits per heavy atom. The van der Waals surface area contributed by atoms with Gasteiger partial charge in [0.25, 0.3) is 0 Å². The molecule has 0 aromatic heterocycles. The maximum atomic E-state index is 4.09. The molecule has 2 aliphatic heterocycles. The number of hydrogen-bond donors (Lipinski definition) is 1. The summed E-state index contributed by atoms with van der Waals surface area (Å²) >= 11 is 0. The molecule has 2 heterocycles. The maximum absolute atomic E-state index is 4.09. The van der Waals surface area contributed by atoms with Crippen molar-refractivity contribution in [2.24, 2.45) is 0 Å². The van der Waals surface area contributed by atoms with E-state index >= 15 is 0 Å². The van der Waals surface area contributed by atoms with E-state index in [9.17, 15) is 0 Å². The van der Waals surface area contributed by atoms with Crippen LogP contribution in [0.1, 0.15) is 30.9 Å². The highest BCUT2D eigenvalue weighted by atomic mass is 15.2. The van der Waals surface area contributed by atoms with Gasteiger partial charge in [-0.2, -0.15) is 0 Å². The van der Waals surface area contributed by atoms with Crippen LogP contribution in [-0.2, 0) is 0 Å². The fourth-order valence-electron chi connectivity index (χ4n) is 2.92. The Bertz CT molecular complexity index is 391. The van der Waals surface area contributed by atoms with Gasteiger partial charge < -0.3 is 10.2 Å². The van der Waals surface area contributed by atoms with Crippen LogP contribution in [-0.4, -0.2) is 24.0 Å². The average Bonchev–Trinajstić information content (AvgIpc) is 2.39. The van der Waals surface area contributed by atoms with Crippen molar-refractivity contribution in [1.29, 1.82) is 0 Å². The summed E-state index contributed by atoms with van der Waals surface area (Å²) in [4.78, 5) is 2.47. The van der Waals surface area contributed by atoms with E-state index in [1.54, 1.807) is 0 Å². The summed E-state index contributed by atoms with van der Waals surface area (Å²) < 4.78 is 0. The van der Waals surface area contributed by atoms with Gasteiger partial charge in [0, 0.05) is 37.3 Å². The summed E-state index contributed by atoms with van der Waals surface area (Å²) in [6, 6.07) is 12.0. The third-order valence-corrected chi connectivity index (χ3v) is 4.08. The molecule has 2 aliphatic rings. The molecule has 0 aliphatic carbocycles. The van der Waals surface area contributed by atoms with Crippen LogP contribution in [0.5, 0.6) is 0 Å². The van der Waals surface area contributed by atoms with Crippen molar-refractivity contribution in [2.75, 3.05) is 13.1 Å². The first-order chi connectivity index (χ1) is 8.34. The van der Waals surface area contributed by atoms with E-state index in [1.807, 2.05) is 0 Å². The average molecular weight is 228 g/mol. The molecular formula is C15H20N2. The van der Waals surface area contributed by atoms with Crippen LogP contribution in [0.25, 0.3) is 0 Å². The van der Waals surface area contributed by atoms with E-state index in [2.05, 4.69) is 47.1 Å². The lowest BCUT2D eigenvalue weighted by molar-refractivity contribution is 0.142. The molecule has 3 rings (SSSR count). The van der Waals surface area contributed by atoms with E-state index < -0.39 is 0 Å². The van der Waals surface area contributed by atoms with Crippen LogP contribution in [0.15, 0.2) is 42.6 Å². The third kappa shape index (κ3) is 2.09. The van der Waals surface area contributed by atoms with Gasteiger partial charge in [0.05, 0.1) is 0 Å². The molecule has 0 amide bonds. The molecule has 2 fully saturated rings. The van der Waals surface area contributed by atoms with Gasteiger partial charge >= 0.3 is 0 Å². The highest BCUT2D eigenvalue weighted by Crippen LogP contribution is 2.30. The number of nitrogens with zero attached hydrogens (tertiary/aromatic N) is 1. The number of rotatable bonds is 2. The fourth-order valence-corrected chi connectivity index (χ4v) is 2.92. The van der Waals surface area contributed by atoms with Crippen molar-refractivity contribution in [2.45, 2.75) is 31.3 Å². The fraction of sp³-hybridized carbons (Fsp3) is 0.467. The van der Waals surface area contributed by atoms with Crippen molar-refractivity contribution in [3.05, 3.63) is 48.2 Å². The molecule has 17 heavy (non-hydrogen) atoms. The monoisotopic (exact) mass is 228 g/mol. The van der Waals surface area contributed by atoms with Gasteiger partial charge in [-0.3, -0.25) is 0 Å². The quantitative estimate of drug-likeness (QED) is 0.837.